The fraction of sp³-hybridized carbons (Fsp3) is 0.588. The molecule has 0 amide bonds. The highest BCUT2D eigenvalue weighted by Crippen LogP contribution is 2.28. The van der Waals surface area contributed by atoms with Crippen LogP contribution in [0.3, 0.4) is 0 Å². The second-order valence-electron chi connectivity index (χ2n) is 5.95. The lowest BCUT2D eigenvalue weighted by Gasteiger charge is -2.26. The van der Waals surface area contributed by atoms with Crippen LogP contribution in [-0.2, 0) is 9.53 Å². The Labute approximate surface area is 126 Å². The van der Waals surface area contributed by atoms with E-state index in [1.165, 1.54) is 18.4 Å². The molecule has 1 saturated heterocycles. The van der Waals surface area contributed by atoms with Gasteiger partial charge in [-0.05, 0) is 63.8 Å². The van der Waals surface area contributed by atoms with Crippen LogP contribution in [0.15, 0.2) is 24.3 Å². The van der Waals surface area contributed by atoms with Crippen LogP contribution in [0.5, 0.6) is 5.75 Å². The van der Waals surface area contributed by atoms with Crippen LogP contribution in [0.2, 0.25) is 0 Å². The third kappa shape index (κ3) is 4.21. The molecule has 1 aliphatic rings. The molecule has 1 aromatic carbocycles. The maximum atomic E-state index is 11.9. The summed E-state index contributed by atoms with van der Waals surface area (Å²) in [5, 5.41) is 3.42. The molecule has 1 atom stereocenters. The lowest BCUT2D eigenvalue weighted by atomic mass is 9.91. The summed E-state index contributed by atoms with van der Waals surface area (Å²) in [4.78, 5) is 11.9. The van der Waals surface area contributed by atoms with Crippen molar-refractivity contribution in [2.75, 3.05) is 19.7 Å². The average Bonchev–Trinajstić information content (AvgIpc) is 2.48. The Kier molecular flexibility index (Phi) is 5.23. The van der Waals surface area contributed by atoms with E-state index in [1.54, 1.807) is 20.8 Å². The predicted octanol–water partition coefficient (Wildman–Crippen LogP) is 2.87. The minimum atomic E-state index is -0.973. The van der Waals surface area contributed by atoms with E-state index in [9.17, 15) is 4.79 Å². The molecule has 1 aromatic rings. The van der Waals surface area contributed by atoms with Crippen molar-refractivity contribution in [3.63, 3.8) is 0 Å². The molecule has 0 bridgehead atoms. The van der Waals surface area contributed by atoms with Crippen molar-refractivity contribution >= 4 is 5.97 Å². The Hall–Kier alpha value is -1.55. The summed E-state index contributed by atoms with van der Waals surface area (Å²) >= 11 is 0. The van der Waals surface area contributed by atoms with Crippen molar-refractivity contribution in [1.82, 2.24) is 5.32 Å². The predicted molar refractivity (Wildman–Crippen MR) is 82.6 cm³/mol. The van der Waals surface area contributed by atoms with Crippen LogP contribution in [-0.4, -0.2) is 31.3 Å². The van der Waals surface area contributed by atoms with Gasteiger partial charge in [-0.3, -0.25) is 0 Å². The summed E-state index contributed by atoms with van der Waals surface area (Å²) in [6.45, 7) is 7.73. The van der Waals surface area contributed by atoms with Crippen molar-refractivity contribution < 1.29 is 14.3 Å². The SMILES string of the molecule is CCOC(=O)C(C)(C)Oc1cccc(C2CCCNC2)c1. The first kappa shape index (κ1) is 15.8. The van der Waals surface area contributed by atoms with Crippen molar-refractivity contribution in [1.29, 1.82) is 0 Å². The topological polar surface area (TPSA) is 47.6 Å². The highest BCUT2D eigenvalue weighted by molar-refractivity contribution is 5.79. The maximum Gasteiger partial charge on any atom is 0.349 e. The number of hydrogen-bond donors (Lipinski definition) is 1. The molecule has 0 saturated carbocycles. The molecule has 0 aromatic heterocycles. The zero-order valence-corrected chi connectivity index (χ0v) is 13.1. The highest BCUT2D eigenvalue weighted by Gasteiger charge is 2.31. The molecule has 116 valence electrons. The molecule has 1 aliphatic heterocycles. The van der Waals surface area contributed by atoms with E-state index in [4.69, 9.17) is 9.47 Å². The van der Waals surface area contributed by atoms with Gasteiger partial charge in [0.2, 0.25) is 0 Å². The van der Waals surface area contributed by atoms with E-state index in [0.29, 0.717) is 12.5 Å². The first-order chi connectivity index (χ1) is 10.0. The minimum absolute atomic E-state index is 0.338. The van der Waals surface area contributed by atoms with Crippen LogP contribution in [0.4, 0.5) is 0 Å². The lowest BCUT2D eigenvalue weighted by molar-refractivity contribution is -0.158. The molecular weight excluding hydrogens is 266 g/mol. The van der Waals surface area contributed by atoms with Crippen LogP contribution in [0, 0.1) is 0 Å². The number of rotatable bonds is 5. The normalized spacial score (nSPS) is 19.1. The Bertz CT molecular complexity index is 479. The Balaban J connectivity index is 2.08. The summed E-state index contributed by atoms with van der Waals surface area (Å²) in [7, 11) is 0. The molecule has 0 spiro atoms. The molecule has 21 heavy (non-hydrogen) atoms. The first-order valence-corrected chi connectivity index (χ1v) is 7.70. The van der Waals surface area contributed by atoms with E-state index in [2.05, 4.69) is 11.4 Å². The smallest absolute Gasteiger partial charge is 0.349 e. The van der Waals surface area contributed by atoms with E-state index in [0.717, 1.165) is 18.8 Å². The van der Waals surface area contributed by atoms with Crippen LogP contribution in [0.1, 0.15) is 45.1 Å². The zero-order chi connectivity index (χ0) is 15.3. The number of benzene rings is 1. The van der Waals surface area contributed by atoms with Gasteiger partial charge in [0.1, 0.15) is 5.75 Å². The van der Waals surface area contributed by atoms with Gasteiger partial charge in [0.15, 0.2) is 5.60 Å². The molecular formula is C17H25NO3. The molecule has 4 heteroatoms. The summed E-state index contributed by atoms with van der Waals surface area (Å²) in [5.41, 5.74) is 0.291. The van der Waals surface area contributed by atoms with E-state index >= 15 is 0 Å². The average molecular weight is 291 g/mol. The zero-order valence-electron chi connectivity index (χ0n) is 13.1. The van der Waals surface area contributed by atoms with Crippen LogP contribution < -0.4 is 10.1 Å². The highest BCUT2D eigenvalue weighted by atomic mass is 16.6. The van der Waals surface area contributed by atoms with Gasteiger partial charge in [0.05, 0.1) is 6.61 Å². The molecule has 1 fully saturated rings. The van der Waals surface area contributed by atoms with E-state index in [1.807, 2.05) is 18.2 Å². The largest absolute Gasteiger partial charge is 0.476 e. The second kappa shape index (κ2) is 6.94. The quantitative estimate of drug-likeness (QED) is 0.847. The van der Waals surface area contributed by atoms with Crippen molar-refractivity contribution in [2.24, 2.45) is 0 Å². The number of nitrogens with one attached hydrogen (secondary N) is 1. The Morgan fingerprint density at radius 3 is 2.90 bits per heavy atom. The van der Waals surface area contributed by atoms with Gasteiger partial charge in [-0.15, -0.1) is 0 Å². The lowest BCUT2D eigenvalue weighted by Crippen LogP contribution is -2.39. The number of carbonyl (C=O) groups excluding carboxylic acids is 1. The van der Waals surface area contributed by atoms with Crippen LogP contribution >= 0.6 is 0 Å². The van der Waals surface area contributed by atoms with Gasteiger partial charge >= 0.3 is 5.97 Å². The number of hydrogen-bond acceptors (Lipinski definition) is 4. The van der Waals surface area contributed by atoms with Gasteiger partial charge in [-0.2, -0.15) is 0 Å². The monoisotopic (exact) mass is 291 g/mol. The van der Waals surface area contributed by atoms with Gasteiger partial charge < -0.3 is 14.8 Å². The fourth-order valence-corrected chi connectivity index (χ4v) is 2.61. The van der Waals surface area contributed by atoms with Crippen molar-refractivity contribution in [2.45, 2.75) is 45.1 Å². The third-order valence-corrected chi connectivity index (χ3v) is 3.77. The van der Waals surface area contributed by atoms with Gasteiger partial charge in [0, 0.05) is 6.54 Å². The first-order valence-electron chi connectivity index (χ1n) is 7.70. The van der Waals surface area contributed by atoms with Gasteiger partial charge in [0.25, 0.3) is 0 Å². The van der Waals surface area contributed by atoms with E-state index < -0.39 is 5.60 Å². The third-order valence-electron chi connectivity index (χ3n) is 3.77. The molecule has 4 nitrogen and oxygen atoms in total. The molecule has 0 radical (unpaired) electrons. The number of piperidine rings is 1. The summed E-state index contributed by atoms with van der Waals surface area (Å²) < 4.78 is 10.9. The summed E-state index contributed by atoms with van der Waals surface area (Å²) in [6, 6.07) is 8.04. The van der Waals surface area contributed by atoms with Crippen molar-refractivity contribution in [3.05, 3.63) is 29.8 Å². The second-order valence-corrected chi connectivity index (χ2v) is 5.95. The molecule has 1 unspecified atom stereocenters. The molecule has 0 aliphatic carbocycles. The summed E-state index contributed by atoms with van der Waals surface area (Å²) in [5.74, 6) is 0.902. The Morgan fingerprint density at radius 2 is 2.24 bits per heavy atom. The van der Waals surface area contributed by atoms with Gasteiger partial charge in [-0.1, -0.05) is 12.1 Å². The van der Waals surface area contributed by atoms with Crippen molar-refractivity contribution in [3.8, 4) is 5.75 Å². The fourth-order valence-electron chi connectivity index (χ4n) is 2.61. The maximum absolute atomic E-state index is 11.9. The van der Waals surface area contributed by atoms with Gasteiger partial charge in [-0.25, -0.2) is 4.79 Å². The summed E-state index contributed by atoms with van der Waals surface area (Å²) in [6.07, 6.45) is 2.39. The molecule has 1 N–H and O–H groups in total. The minimum Gasteiger partial charge on any atom is -0.476 e. The standard InChI is InChI=1S/C17H25NO3/c1-4-20-16(19)17(2,3)21-15-9-5-7-13(11-15)14-8-6-10-18-12-14/h5,7,9,11,14,18H,4,6,8,10,12H2,1-3H3. The molecule has 1 heterocycles. The molecule has 2 rings (SSSR count). The number of carbonyl (C=O) groups is 1. The number of ether oxygens (including phenoxy) is 2. The Morgan fingerprint density at radius 1 is 1.43 bits per heavy atom. The van der Waals surface area contributed by atoms with E-state index in [-0.39, 0.29) is 5.97 Å². The van der Waals surface area contributed by atoms with Crippen LogP contribution in [0.25, 0.3) is 0 Å². The number of esters is 1.